The van der Waals surface area contributed by atoms with E-state index in [-0.39, 0.29) is 59.1 Å². The van der Waals surface area contributed by atoms with Crippen LogP contribution in [0.2, 0.25) is 0 Å². The van der Waals surface area contributed by atoms with Gasteiger partial charge in [0.15, 0.2) is 6.29 Å². The molecule has 0 saturated heterocycles. The average molecular weight is 539 g/mol. The van der Waals surface area contributed by atoms with E-state index in [1.165, 1.54) is 89.9 Å². The Morgan fingerprint density at radius 1 is 0.636 bits per heavy atom. The van der Waals surface area contributed by atoms with Gasteiger partial charge in [0, 0.05) is 6.61 Å². The van der Waals surface area contributed by atoms with Crippen molar-refractivity contribution in [3.8, 4) is 0 Å². The Bertz CT molecular complexity index is 514. The number of aliphatic hydroxyl groups excluding tert-OH is 1. The Morgan fingerprint density at radius 2 is 0.879 bits per heavy atom. The molecule has 1 atom stereocenters. The van der Waals surface area contributed by atoms with Gasteiger partial charge in [0.2, 0.25) is 20.8 Å². The molecule has 0 bridgehead atoms. The van der Waals surface area contributed by atoms with Gasteiger partial charge in [-0.15, -0.1) is 0 Å². The molecule has 13 heteroatoms. The summed E-state index contributed by atoms with van der Waals surface area (Å²) in [5.74, 6) is 0. The van der Waals surface area contributed by atoms with E-state index in [2.05, 4.69) is 22.2 Å². The number of unbranched alkanes of at least 4 members (excludes halogenated alkanes) is 13. The summed E-state index contributed by atoms with van der Waals surface area (Å²) in [6.07, 6.45) is 19.8. The van der Waals surface area contributed by atoms with Gasteiger partial charge in [-0.1, -0.05) is 104 Å². The van der Waals surface area contributed by atoms with Crippen LogP contribution in [0.5, 0.6) is 0 Å². The molecule has 0 aromatic carbocycles. The summed E-state index contributed by atoms with van der Waals surface area (Å²) >= 11 is 0. The Labute approximate surface area is 247 Å². The van der Waals surface area contributed by atoms with Crippen LogP contribution < -0.4 is 59.1 Å². The standard InChI is InChI=1S/C16H34.C4H10O2.2Na.H2O7S2/c1-3-5-7-9-11-13-15-16-14-12-10-8-6-4-2;1-3-6-4(2)5;;;1-8(2,3)7-9(4,5)6/h3-16H2,1-2H3;4-5H,3H2,1-2H3;;;(H,1,2,3)(H,4,5,6)/q;;2*+1;/p-2. The second kappa shape index (κ2) is 31.7. The number of rotatable bonds is 17. The van der Waals surface area contributed by atoms with Gasteiger partial charge >= 0.3 is 59.1 Å². The summed E-state index contributed by atoms with van der Waals surface area (Å²) in [4.78, 5) is 0. The molecule has 0 spiro atoms. The molecular weight excluding hydrogens is 494 g/mol. The summed E-state index contributed by atoms with van der Waals surface area (Å²) in [5, 5.41) is 8.33. The number of aliphatic hydroxyl groups is 1. The maximum atomic E-state index is 9.29. The van der Waals surface area contributed by atoms with E-state index in [1.807, 2.05) is 6.92 Å². The third kappa shape index (κ3) is 60.3. The summed E-state index contributed by atoms with van der Waals surface area (Å²) in [6, 6.07) is 0. The summed E-state index contributed by atoms with van der Waals surface area (Å²) < 4.78 is 62.8. The number of ether oxygens (including phenoxy) is 1. The fourth-order valence-corrected chi connectivity index (χ4v) is 3.43. The van der Waals surface area contributed by atoms with Crippen LogP contribution in [-0.4, -0.2) is 43.9 Å². The zero-order valence-electron chi connectivity index (χ0n) is 21.7. The van der Waals surface area contributed by atoms with Crippen molar-refractivity contribution < 1.29 is 98.5 Å². The van der Waals surface area contributed by atoms with E-state index in [0.717, 1.165) is 0 Å². The molecule has 0 fully saturated rings. The fourth-order valence-electron chi connectivity index (χ4n) is 2.61. The molecule has 0 aromatic heterocycles. The van der Waals surface area contributed by atoms with Crippen LogP contribution in [0.25, 0.3) is 0 Å². The van der Waals surface area contributed by atoms with Crippen molar-refractivity contribution in [3.05, 3.63) is 0 Å². The second-order valence-electron chi connectivity index (χ2n) is 7.18. The van der Waals surface area contributed by atoms with Crippen LogP contribution in [-0.2, 0) is 29.2 Å². The monoisotopic (exact) mass is 538 g/mol. The van der Waals surface area contributed by atoms with E-state index < -0.39 is 27.1 Å². The minimum atomic E-state index is -5.43. The van der Waals surface area contributed by atoms with Gasteiger partial charge in [-0.25, -0.2) is 16.8 Å². The Hall–Kier alpha value is 1.70. The van der Waals surface area contributed by atoms with Gasteiger partial charge in [-0.2, -0.15) is 3.63 Å². The first-order valence-corrected chi connectivity index (χ1v) is 14.0. The van der Waals surface area contributed by atoms with Crippen LogP contribution in [0.1, 0.15) is 118 Å². The molecule has 0 rings (SSSR count). The van der Waals surface area contributed by atoms with Gasteiger partial charge in [0.25, 0.3) is 0 Å². The molecule has 33 heavy (non-hydrogen) atoms. The molecule has 0 saturated carbocycles. The number of hydrogen-bond acceptors (Lipinski definition) is 9. The van der Waals surface area contributed by atoms with Gasteiger partial charge in [0.1, 0.15) is 0 Å². The predicted molar refractivity (Wildman–Crippen MR) is 120 cm³/mol. The normalized spacial score (nSPS) is 11.6. The molecule has 0 aromatic rings. The van der Waals surface area contributed by atoms with Crippen molar-refractivity contribution in [2.24, 2.45) is 0 Å². The van der Waals surface area contributed by atoms with E-state index >= 15 is 0 Å². The van der Waals surface area contributed by atoms with Gasteiger partial charge in [0.05, 0.1) is 0 Å². The maximum Gasteiger partial charge on any atom is 1.00 e. The fraction of sp³-hybridized carbons (Fsp3) is 1.00. The van der Waals surface area contributed by atoms with Crippen molar-refractivity contribution in [1.29, 1.82) is 0 Å². The van der Waals surface area contributed by atoms with E-state index in [4.69, 9.17) is 5.11 Å². The molecule has 0 amide bonds. The van der Waals surface area contributed by atoms with Crippen LogP contribution in [0.4, 0.5) is 0 Å². The van der Waals surface area contributed by atoms with Gasteiger partial charge < -0.3 is 18.9 Å². The first kappa shape index (κ1) is 44.7. The molecule has 0 radical (unpaired) electrons. The molecule has 0 heterocycles. The average Bonchev–Trinajstić information content (AvgIpc) is 2.60. The third-order valence-corrected chi connectivity index (χ3v) is 5.36. The largest absolute Gasteiger partial charge is 1.00 e. The van der Waals surface area contributed by atoms with Crippen molar-refractivity contribution in [2.45, 2.75) is 124 Å². The molecule has 0 aliphatic rings. The van der Waals surface area contributed by atoms with Crippen molar-refractivity contribution >= 4 is 20.8 Å². The smallest absolute Gasteiger partial charge is 0.725 e. The minimum Gasteiger partial charge on any atom is -0.725 e. The molecule has 9 nitrogen and oxygen atoms in total. The first-order valence-electron chi connectivity index (χ1n) is 11.3. The van der Waals surface area contributed by atoms with Crippen LogP contribution in [0, 0.1) is 0 Å². The second-order valence-corrected chi connectivity index (χ2v) is 9.36. The summed E-state index contributed by atoms with van der Waals surface area (Å²) in [7, 11) is -10.9. The van der Waals surface area contributed by atoms with Crippen molar-refractivity contribution in [1.82, 2.24) is 0 Å². The summed E-state index contributed by atoms with van der Waals surface area (Å²) in [5.41, 5.74) is 0. The SMILES string of the molecule is CCCCCCCCCCCCCCCC.CCOC(C)O.O=S(=O)([O-])OS(=O)(=O)[O-].[Na+].[Na+]. The maximum absolute atomic E-state index is 9.29. The molecule has 1 unspecified atom stereocenters. The molecule has 0 aliphatic heterocycles. The molecule has 0 aliphatic carbocycles. The number of hydrogen-bond donors (Lipinski definition) is 1. The van der Waals surface area contributed by atoms with Crippen molar-refractivity contribution in [3.63, 3.8) is 0 Å². The zero-order valence-corrected chi connectivity index (χ0v) is 27.3. The van der Waals surface area contributed by atoms with Crippen LogP contribution in [0.15, 0.2) is 0 Å². The van der Waals surface area contributed by atoms with Gasteiger partial charge in [-0.05, 0) is 13.8 Å². The predicted octanol–water partition coefficient (Wildman–Crippen LogP) is -1.22. The Balaban J connectivity index is -0.000000131. The minimum absolute atomic E-state index is 0. The summed E-state index contributed by atoms with van der Waals surface area (Å²) in [6.45, 7) is 8.59. The quantitative estimate of drug-likeness (QED) is 0.0789. The molecule has 192 valence electrons. The molecule has 1 N–H and O–H groups in total. The first-order chi connectivity index (χ1) is 14.4. The van der Waals surface area contributed by atoms with E-state index in [0.29, 0.717) is 6.61 Å². The van der Waals surface area contributed by atoms with E-state index in [1.54, 1.807) is 6.92 Å². The Morgan fingerprint density at radius 3 is 0.970 bits per heavy atom. The van der Waals surface area contributed by atoms with E-state index in [9.17, 15) is 25.9 Å². The van der Waals surface area contributed by atoms with Crippen molar-refractivity contribution in [2.75, 3.05) is 6.61 Å². The van der Waals surface area contributed by atoms with Crippen LogP contribution in [0.3, 0.4) is 0 Å². The third-order valence-electron chi connectivity index (χ3n) is 4.03. The topological polar surface area (TPSA) is 153 Å². The Kier molecular flexibility index (Phi) is 43.0. The zero-order chi connectivity index (χ0) is 24.6. The van der Waals surface area contributed by atoms with Gasteiger partial charge in [-0.3, -0.25) is 0 Å². The van der Waals surface area contributed by atoms with Crippen LogP contribution >= 0.6 is 0 Å². The molecular formula is C20H44Na2O9S2.